The molecule has 4 rings (SSSR count). The minimum absolute atomic E-state index is 0.102. The summed E-state index contributed by atoms with van der Waals surface area (Å²) in [5.41, 5.74) is 4.16. The molecule has 2 heterocycles. The van der Waals surface area contributed by atoms with E-state index in [2.05, 4.69) is 15.3 Å². The van der Waals surface area contributed by atoms with Crippen LogP contribution in [0.3, 0.4) is 0 Å². The van der Waals surface area contributed by atoms with Crippen LogP contribution in [0.25, 0.3) is 0 Å². The number of carbonyl (C=O) groups excluding carboxylic acids is 1. The lowest BCUT2D eigenvalue weighted by Crippen LogP contribution is -2.28. The van der Waals surface area contributed by atoms with Crippen molar-refractivity contribution in [2.24, 2.45) is 0 Å². The molecule has 1 amide bonds. The van der Waals surface area contributed by atoms with Crippen molar-refractivity contribution in [3.8, 4) is 0 Å². The zero-order chi connectivity index (χ0) is 20.9. The number of carbonyl (C=O) groups is 1. The highest BCUT2D eigenvalue weighted by molar-refractivity contribution is 5.93. The van der Waals surface area contributed by atoms with E-state index < -0.39 is 11.7 Å². The minimum Gasteiger partial charge on any atom is -0.366 e. The van der Waals surface area contributed by atoms with Crippen molar-refractivity contribution in [2.45, 2.75) is 19.4 Å². The Labute approximate surface area is 173 Å². The number of rotatable bonds is 5. The van der Waals surface area contributed by atoms with Crippen LogP contribution < -0.4 is 15.7 Å². The highest BCUT2D eigenvalue weighted by atomic mass is 19.1. The molecular formula is C22H22FN5O2. The van der Waals surface area contributed by atoms with Gasteiger partial charge in [-0.3, -0.25) is 10.0 Å². The lowest BCUT2D eigenvalue weighted by atomic mass is 9.99. The topological polar surface area (TPSA) is 90.4 Å². The summed E-state index contributed by atoms with van der Waals surface area (Å²) < 4.78 is 14.5. The molecule has 8 heteroatoms. The largest absolute Gasteiger partial charge is 0.366 e. The molecule has 0 saturated heterocycles. The number of nitrogens with zero attached hydrogens (tertiary/aromatic N) is 3. The van der Waals surface area contributed by atoms with Gasteiger partial charge in [0.2, 0.25) is 5.95 Å². The molecule has 2 aromatic carbocycles. The van der Waals surface area contributed by atoms with Crippen molar-refractivity contribution in [1.82, 2.24) is 15.4 Å². The molecule has 1 aliphatic heterocycles. The first kappa shape index (κ1) is 19.8. The summed E-state index contributed by atoms with van der Waals surface area (Å²) in [7, 11) is 0. The van der Waals surface area contributed by atoms with E-state index in [1.165, 1.54) is 0 Å². The van der Waals surface area contributed by atoms with Crippen LogP contribution in [0.5, 0.6) is 0 Å². The maximum atomic E-state index is 14.5. The van der Waals surface area contributed by atoms with Crippen LogP contribution in [0.1, 0.15) is 27.0 Å². The second-order valence-electron chi connectivity index (χ2n) is 7.10. The SMILES string of the molecule is O=C(NO)c1cc(F)c2c(c1)CCN(c1nccc(NCc3ccccc3)n1)CC2. The molecule has 7 nitrogen and oxygen atoms in total. The number of fused-ring (bicyclic) bond motifs is 1. The van der Waals surface area contributed by atoms with Crippen molar-refractivity contribution in [3.63, 3.8) is 0 Å². The van der Waals surface area contributed by atoms with Gasteiger partial charge in [0.15, 0.2) is 0 Å². The number of benzene rings is 2. The number of aromatic nitrogens is 2. The summed E-state index contributed by atoms with van der Waals surface area (Å²) >= 11 is 0. The smallest absolute Gasteiger partial charge is 0.274 e. The van der Waals surface area contributed by atoms with Gasteiger partial charge in [0.1, 0.15) is 11.6 Å². The molecule has 0 aliphatic carbocycles. The van der Waals surface area contributed by atoms with Gasteiger partial charge in [-0.2, -0.15) is 4.98 Å². The van der Waals surface area contributed by atoms with E-state index >= 15 is 0 Å². The second-order valence-corrected chi connectivity index (χ2v) is 7.10. The number of nitrogens with one attached hydrogen (secondary N) is 2. The maximum absolute atomic E-state index is 14.5. The Balaban J connectivity index is 1.48. The fraction of sp³-hybridized carbons (Fsp3) is 0.227. The summed E-state index contributed by atoms with van der Waals surface area (Å²) in [4.78, 5) is 22.7. The van der Waals surface area contributed by atoms with Gasteiger partial charge in [-0.15, -0.1) is 0 Å². The third-order valence-corrected chi connectivity index (χ3v) is 5.18. The molecule has 30 heavy (non-hydrogen) atoms. The van der Waals surface area contributed by atoms with Crippen LogP contribution in [0, 0.1) is 5.82 Å². The first-order valence-corrected chi connectivity index (χ1v) is 9.75. The summed E-state index contributed by atoms with van der Waals surface area (Å²) in [6, 6.07) is 14.7. The second kappa shape index (κ2) is 8.87. The fourth-order valence-electron chi connectivity index (χ4n) is 3.59. The Hall–Kier alpha value is -3.52. The molecule has 0 spiro atoms. The molecule has 1 aromatic heterocycles. The molecule has 3 N–H and O–H groups in total. The highest BCUT2D eigenvalue weighted by Crippen LogP contribution is 2.23. The highest BCUT2D eigenvalue weighted by Gasteiger charge is 2.21. The Morgan fingerprint density at radius 2 is 1.93 bits per heavy atom. The van der Waals surface area contributed by atoms with Crippen molar-refractivity contribution in [3.05, 3.63) is 82.8 Å². The van der Waals surface area contributed by atoms with Gasteiger partial charge in [0.05, 0.1) is 0 Å². The first-order valence-electron chi connectivity index (χ1n) is 9.75. The van der Waals surface area contributed by atoms with Crippen molar-refractivity contribution in [2.75, 3.05) is 23.3 Å². The Morgan fingerprint density at radius 1 is 1.13 bits per heavy atom. The van der Waals surface area contributed by atoms with E-state index in [0.717, 1.165) is 23.0 Å². The van der Waals surface area contributed by atoms with E-state index in [1.54, 1.807) is 17.7 Å². The summed E-state index contributed by atoms with van der Waals surface area (Å²) in [5.74, 6) is 0.138. The summed E-state index contributed by atoms with van der Waals surface area (Å²) in [5, 5.41) is 12.1. The van der Waals surface area contributed by atoms with E-state index in [1.807, 2.05) is 41.3 Å². The van der Waals surface area contributed by atoms with Crippen LogP contribution >= 0.6 is 0 Å². The lowest BCUT2D eigenvalue weighted by Gasteiger charge is -2.20. The van der Waals surface area contributed by atoms with Crippen LogP contribution in [0.4, 0.5) is 16.2 Å². The zero-order valence-corrected chi connectivity index (χ0v) is 16.3. The number of halogens is 1. The van der Waals surface area contributed by atoms with Crippen LogP contribution in [-0.2, 0) is 19.4 Å². The molecular weight excluding hydrogens is 385 g/mol. The van der Waals surface area contributed by atoms with Crippen LogP contribution in [0.2, 0.25) is 0 Å². The predicted molar refractivity (Wildman–Crippen MR) is 111 cm³/mol. The molecule has 0 atom stereocenters. The third-order valence-electron chi connectivity index (χ3n) is 5.18. The van der Waals surface area contributed by atoms with Crippen LogP contribution in [0.15, 0.2) is 54.7 Å². The zero-order valence-electron chi connectivity index (χ0n) is 16.3. The Bertz CT molecular complexity index is 1040. The average Bonchev–Trinajstić information content (AvgIpc) is 3.01. The fourth-order valence-corrected chi connectivity index (χ4v) is 3.59. The Morgan fingerprint density at radius 3 is 2.73 bits per heavy atom. The van der Waals surface area contributed by atoms with Crippen molar-refractivity contribution >= 4 is 17.7 Å². The van der Waals surface area contributed by atoms with Gasteiger partial charge in [-0.05, 0) is 47.7 Å². The monoisotopic (exact) mass is 407 g/mol. The van der Waals surface area contributed by atoms with Gasteiger partial charge >= 0.3 is 0 Å². The lowest BCUT2D eigenvalue weighted by molar-refractivity contribution is 0.0705. The maximum Gasteiger partial charge on any atom is 0.274 e. The molecule has 0 fully saturated rings. The van der Waals surface area contributed by atoms with E-state index in [-0.39, 0.29) is 5.56 Å². The molecule has 3 aromatic rings. The summed E-state index contributed by atoms with van der Waals surface area (Å²) in [6.07, 6.45) is 2.73. The third kappa shape index (κ3) is 4.38. The molecule has 0 unspecified atom stereocenters. The predicted octanol–water partition coefficient (Wildman–Crippen LogP) is 2.95. The molecule has 0 radical (unpaired) electrons. The van der Waals surface area contributed by atoms with E-state index in [0.29, 0.717) is 44.0 Å². The average molecular weight is 407 g/mol. The van der Waals surface area contributed by atoms with Gasteiger partial charge in [-0.25, -0.2) is 14.9 Å². The quantitative estimate of drug-likeness (QED) is 0.445. The Kier molecular flexibility index (Phi) is 5.85. The first-order chi connectivity index (χ1) is 14.6. The minimum atomic E-state index is -0.724. The van der Waals surface area contributed by atoms with Gasteiger partial charge < -0.3 is 10.2 Å². The summed E-state index contributed by atoms with van der Waals surface area (Å²) in [6.45, 7) is 1.82. The van der Waals surface area contributed by atoms with E-state index in [9.17, 15) is 9.18 Å². The molecule has 0 bridgehead atoms. The number of hydroxylamine groups is 1. The van der Waals surface area contributed by atoms with Gasteiger partial charge in [0.25, 0.3) is 5.91 Å². The van der Waals surface area contributed by atoms with E-state index in [4.69, 9.17) is 5.21 Å². The number of amides is 1. The normalized spacial score (nSPS) is 13.3. The molecule has 154 valence electrons. The standard InChI is InChI=1S/C22H22FN5O2/c23-19-13-17(21(29)27-30)12-16-7-10-28(11-8-18(16)19)22-24-9-6-20(26-22)25-14-15-4-2-1-3-5-15/h1-6,9,12-13,30H,7-8,10-11,14H2,(H,27,29)(H,24,25,26). The van der Waals surface area contributed by atoms with Gasteiger partial charge in [0, 0.05) is 31.4 Å². The van der Waals surface area contributed by atoms with Crippen LogP contribution in [-0.4, -0.2) is 34.2 Å². The number of hydrogen-bond donors (Lipinski definition) is 3. The molecule has 0 saturated carbocycles. The number of anilines is 2. The van der Waals surface area contributed by atoms with Crippen molar-refractivity contribution < 1.29 is 14.4 Å². The molecule has 1 aliphatic rings. The number of hydrogen-bond acceptors (Lipinski definition) is 6. The van der Waals surface area contributed by atoms with Gasteiger partial charge in [-0.1, -0.05) is 30.3 Å². The van der Waals surface area contributed by atoms with Crippen molar-refractivity contribution in [1.29, 1.82) is 0 Å².